The summed E-state index contributed by atoms with van der Waals surface area (Å²) in [6, 6.07) is 10.1. The van der Waals surface area contributed by atoms with Gasteiger partial charge in [-0.15, -0.1) is 0 Å². The first kappa shape index (κ1) is 18.8. The van der Waals surface area contributed by atoms with Crippen molar-refractivity contribution in [2.75, 3.05) is 43.4 Å². The Balaban J connectivity index is 1.26. The summed E-state index contributed by atoms with van der Waals surface area (Å²) in [5.41, 5.74) is 4.92. The fourth-order valence-corrected chi connectivity index (χ4v) is 4.13. The zero-order chi connectivity index (χ0) is 21.5. The maximum Gasteiger partial charge on any atom is 0.229 e. The lowest BCUT2D eigenvalue weighted by Crippen LogP contribution is -2.44. The fourth-order valence-electron chi connectivity index (χ4n) is 4.13. The second-order valence-electron chi connectivity index (χ2n) is 8.09. The maximum atomic E-state index is 4.69. The molecule has 0 bridgehead atoms. The minimum Gasteiger partial charge on any atom is -0.354 e. The Morgan fingerprint density at radius 3 is 2.81 bits per heavy atom. The van der Waals surface area contributed by atoms with Crippen molar-refractivity contribution in [1.29, 1.82) is 0 Å². The van der Waals surface area contributed by atoms with E-state index in [0.29, 0.717) is 5.95 Å². The standard InChI is InChI=1S/C23H23N9/c1-30-8-10-31(11-9-30)21-13-17(2-5-24-21)28-23-26-15-20-19(14-25-22(20)29-23)16-4-7-32-18(12-16)3-6-27-32/h2-7,12-15H,8-11H2,1H3,(H2,24,25,26,28,29). The van der Waals surface area contributed by atoms with Gasteiger partial charge in [-0.1, -0.05) is 0 Å². The number of fused-ring (bicyclic) bond motifs is 2. The van der Waals surface area contributed by atoms with Gasteiger partial charge < -0.3 is 20.1 Å². The molecule has 0 radical (unpaired) electrons. The molecule has 1 fully saturated rings. The van der Waals surface area contributed by atoms with Crippen molar-refractivity contribution in [1.82, 2.24) is 34.4 Å². The van der Waals surface area contributed by atoms with Gasteiger partial charge >= 0.3 is 0 Å². The molecular weight excluding hydrogens is 402 g/mol. The van der Waals surface area contributed by atoms with Crippen molar-refractivity contribution in [3.05, 3.63) is 61.3 Å². The monoisotopic (exact) mass is 425 g/mol. The van der Waals surface area contributed by atoms with E-state index >= 15 is 0 Å². The second-order valence-corrected chi connectivity index (χ2v) is 8.09. The number of nitrogens with one attached hydrogen (secondary N) is 2. The van der Waals surface area contributed by atoms with Gasteiger partial charge in [0, 0.05) is 79.9 Å². The molecule has 0 aliphatic carbocycles. The van der Waals surface area contributed by atoms with E-state index in [4.69, 9.17) is 0 Å². The van der Waals surface area contributed by atoms with Gasteiger partial charge in [0.05, 0.1) is 5.52 Å². The zero-order valence-corrected chi connectivity index (χ0v) is 17.7. The molecule has 32 heavy (non-hydrogen) atoms. The normalized spacial score (nSPS) is 15.0. The topological polar surface area (TPSA) is 90.3 Å². The molecule has 0 aromatic carbocycles. The SMILES string of the molecule is CN1CCN(c2cc(Nc3ncc4c(-c5ccn6nccc6c5)c[nH]c4n3)ccn2)CC1. The molecule has 1 saturated heterocycles. The van der Waals surface area contributed by atoms with Crippen molar-refractivity contribution in [2.24, 2.45) is 0 Å². The minimum atomic E-state index is 0.549. The van der Waals surface area contributed by atoms with Crippen molar-refractivity contribution in [3.63, 3.8) is 0 Å². The summed E-state index contributed by atoms with van der Waals surface area (Å²) in [5, 5.41) is 8.56. The van der Waals surface area contributed by atoms with Crippen LogP contribution in [0, 0.1) is 0 Å². The van der Waals surface area contributed by atoms with Crippen LogP contribution in [0.25, 0.3) is 27.7 Å². The molecule has 2 N–H and O–H groups in total. The third-order valence-electron chi connectivity index (χ3n) is 5.97. The van der Waals surface area contributed by atoms with Crippen molar-refractivity contribution in [2.45, 2.75) is 0 Å². The molecule has 160 valence electrons. The van der Waals surface area contributed by atoms with E-state index in [1.807, 2.05) is 47.5 Å². The molecular formula is C23H23N9. The average Bonchev–Trinajstić information content (AvgIpc) is 3.46. The molecule has 6 rings (SSSR count). The number of aromatic nitrogens is 6. The minimum absolute atomic E-state index is 0.549. The number of nitrogens with zero attached hydrogens (tertiary/aromatic N) is 7. The molecule has 0 unspecified atom stereocenters. The Morgan fingerprint density at radius 1 is 1.00 bits per heavy atom. The van der Waals surface area contributed by atoms with Crippen LogP contribution < -0.4 is 10.2 Å². The van der Waals surface area contributed by atoms with Gasteiger partial charge in [-0.3, -0.25) is 0 Å². The largest absolute Gasteiger partial charge is 0.354 e. The summed E-state index contributed by atoms with van der Waals surface area (Å²) in [5.74, 6) is 1.52. The predicted molar refractivity (Wildman–Crippen MR) is 125 cm³/mol. The van der Waals surface area contributed by atoms with E-state index in [2.05, 4.69) is 59.3 Å². The highest BCUT2D eigenvalue weighted by molar-refractivity contribution is 5.94. The third kappa shape index (κ3) is 3.42. The van der Waals surface area contributed by atoms with Gasteiger partial charge in [-0.25, -0.2) is 14.5 Å². The molecule has 0 spiro atoms. The van der Waals surface area contributed by atoms with E-state index in [1.54, 1.807) is 6.20 Å². The van der Waals surface area contributed by atoms with Gasteiger partial charge in [-0.05, 0) is 36.9 Å². The number of likely N-dealkylation sites (N-methyl/N-ethyl adjacent to an activating group) is 1. The van der Waals surface area contributed by atoms with Crippen LogP contribution in [0.15, 0.2) is 61.3 Å². The van der Waals surface area contributed by atoms with E-state index in [-0.39, 0.29) is 0 Å². The van der Waals surface area contributed by atoms with Gasteiger partial charge in [-0.2, -0.15) is 10.1 Å². The highest BCUT2D eigenvalue weighted by Gasteiger charge is 2.16. The number of piperazine rings is 1. The molecule has 5 aromatic rings. The van der Waals surface area contributed by atoms with Crippen LogP contribution in [0.2, 0.25) is 0 Å². The molecule has 0 amide bonds. The number of hydrogen-bond acceptors (Lipinski definition) is 7. The van der Waals surface area contributed by atoms with E-state index in [0.717, 1.165) is 65.4 Å². The summed E-state index contributed by atoms with van der Waals surface area (Å²) in [6.45, 7) is 4.04. The highest BCUT2D eigenvalue weighted by Crippen LogP contribution is 2.29. The van der Waals surface area contributed by atoms with Gasteiger partial charge in [0.25, 0.3) is 0 Å². The molecule has 9 heteroatoms. The molecule has 9 nitrogen and oxygen atoms in total. The third-order valence-corrected chi connectivity index (χ3v) is 5.97. The Labute approximate surface area is 184 Å². The van der Waals surface area contributed by atoms with Gasteiger partial charge in [0.15, 0.2) is 0 Å². The number of rotatable bonds is 4. The lowest BCUT2D eigenvalue weighted by Gasteiger charge is -2.33. The first-order valence-corrected chi connectivity index (χ1v) is 10.7. The number of pyridine rings is 2. The van der Waals surface area contributed by atoms with E-state index in [1.165, 1.54) is 0 Å². The van der Waals surface area contributed by atoms with Crippen LogP contribution in [0.4, 0.5) is 17.5 Å². The van der Waals surface area contributed by atoms with Crippen LogP contribution in [0.3, 0.4) is 0 Å². The molecule has 6 heterocycles. The van der Waals surface area contributed by atoms with Crippen LogP contribution in [0.5, 0.6) is 0 Å². The van der Waals surface area contributed by atoms with E-state index in [9.17, 15) is 0 Å². The van der Waals surface area contributed by atoms with Crippen LogP contribution in [-0.4, -0.2) is 67.7 Å². The van der Waals surface area contributed by atoms with Gasteiger partial charge in [0.1, 0.15) is 11.5 Å². The Hall–Kier alpha value is -3.98. The van der Waals surface area contributed by atoms with Crippen molar-refractivity contribution >= 4 is 34.0 Å². The molecule has 1 aliphatic rings. The maximum absolute atomic E-state index is 4.69. The van der Waals surface area contributed by atoms with Crippen molar-refractivity contribution < 1.29 is 0 Å². The first-order valence-electron chi connectivity index (χ1n) is 10.7. The summed E-state index contributed by atoms with van der Waals surface area (Å²) >= 11 is 0. The molecule has 0 saturated carbocycles. The van der Waals surface area contributed by atoms with E-state index < -0.39 is 0 Å². The second kappa shape index (κ2) is 7.61. The summed E-state index contributed by atoms with van der Waals surface area (Å²) < 4.78 is 1.85. The smallest absolute Gasteiger partial charge is 0.229 e. The number of anilines is 3. The quantitative estimate of drug-likeness (QED) is 0.457. The average molecular weight is 426 g/mol. The lowest BCUT2D eigenvalue weighted by atomic mass is 10.1. The number of hydrogen-bond donors (Lipinski definition) is 2. The summed E-state index contributed by atoms with van der Waals surface area (Å²) in [6.07, 6.45) is 9.42. The zero-order valence-electron chi connectivity index (χ0n) is 17.7. The molecule has 1 aliphatic heterocycles. The lowest BCUT2D eigenvalue weighted by molar-refractivity contribution is 0.312. The molecule has 0 atom stereocenters. The summed E-state index contributed by atoms with van der Waals surface area (Å²) in [7, 11) is 2.15. The fraction of sp³-hybridized carbons (Fsp3) is 0.217. The van der Waals surface area contributed by atoms with Gasteiger partial charge in [0.2, 0.25) is 5.95 Å². The Morgan fingerprint density at radius 2 is 1.91 bits per heavy atom. The Bertz CT molecular complexity index is 1400. The first-order chi connectivity index (χ1) is 15.7. The molecule has 5 aromatic heterocycles. The van der Waals surface area contributed by atoms with Crippen molar-refractivity contribution in [3.8, 4) is 11.1 Å². The summed E-state index contributed by atoms with van der Waals surface area (Å²) in [4.78, 5) is 21.7. The van der Waals surface area contributed by atoms with Crippen LogP contribution in [0.1, 0.15) is 0 Å². The predicted octanol–water partition coefficient (Wildman–Crippen LogP) is 3.16. The number of H-pyrrole nitrogens is 1. The Kier molecular flexibility index (Phi) is 4.46. The van der Waals surface area contributed by atoms with Crippen LogP contribution in [-0.2, 0) is 0 Å². The highest BCUT2D eigenvalue weighted by atomic mass is 15.3. The number of aromatic amines is 1. The van der Waals surface area contributed by atoms with Crippen LogP contribution >= 0.6 is 0 Å².